The van der Waals surface area contributed by atoms with Crippen LogP contribution in [0.3, 0.4) is 0 Å². The largest absolute Gasteiger partial charge is 0.493 e. The summed E-state index contributed by atoms with van der Waals surface area (Å²) in [7, 11) is 3.17. The quantitative estimate of drug-likeness (QED) is 0.184. The Morgan fingerprint density at radius 3 is 1.45 bits per heavy atom. The fraction of sp³-hybridized carbons (Fsp3) is 0.467. The molecule has 2 aromatic rings. The van der Waals surface area contributed by atoms with E-state index in [-0.39, 0.29) is 26.4 Å². The van der Waals surface area contributed by atoms with Crippen LogP contribution in [0.5, 0.6) is 23.0 Å². The van der Waals surface area contributed by atoms with Crippen LogP contribution in [0.4, 0.5) is 0 Å². The number of benzene rings is 2. The summed E-state index contributed by atoms with van der Waals surface area (Å²) >= 11 is 0. The maximum atomic E-state index is 10.1. The van der Waals surface area contributed by atoms with Crippen LogP contribution in [0.1, 0.15) is 24.0 Å². The normalized spacial score (nSPS) is 12.4. The molecule has 2 unspecified atom stereocenters. The number of unbranched alkanes of at least 4 members (excludes halogenated alkanes) is 1. The highest BCUT2D eigenvalue weighted by atomic mass is 16.5. The van der Waals surface area contributed by atoms with Gasteiger partial charge in [0.15, 0.2) is 23.0 Å². The fourth-order valence-electron chi connectivity index (χ4n) is 3.56. The fourth-order valence-corrected chi connectivity index (χ4v) is 3.56. The highest BCUT2D eigenvalue weighted by molar-refractivity contribution is 5.44. The van der Waals surface area contributed by atoms with Crippen molar-refractivity contribution in [1.82, 2.24) is 0 Å². The molecule has 2 N–H and O–H groups in total. The summed E-state index contributed by atoms with van der Waals surface area (Å²) in [5, 5.41) is 20.3. The van der Waals surface area contributed by atoms with Crippen LogP contribution in [-0.4, -0.2) is 76.3 Å². The topological polar surface area (TPSA) is 95.8 Å². The molecule has 2 rings (SSSR count). The second-order valence-electron chi connectivity index (χ2n) is 8.74. The van der Waals surface area contributed by atoms with Crippen LogP contribution in [-0.2, 0) is 22.3 Å². The molecule has 0 fully saturated rings. The first kappa shape index (κ1) is 31.2. The molecule has 0 saturated heterocycles. The molecular formula is C30H42O8. The van der Waals surface area contributed by atoms with Gasteiger partial charge in [0, 0.05) is 13.2 Å². The first-order valence-electron chi connectivity index (χ1n) is 12.8. The van der Waals surface area contributed by atoms with E-state index >= 15 is 0 Å². The summed E-state index contributed by atoms with van der Waals surface area (Å²) < 4.78 is 33.2. The Morgan fingerprint density at radius 1 is 0.658 bits per heavy atom. The Kier molecular flexibility index (Phi) is 15.0. The minimum atomic E-state index is -0.754. The minimum absolute atomic E-state index is 0.102. The van der Waals surface area contributed by atoms with E-state index in [9.17, 15) is 10.2 Å². The Morgan fingerprint density at radius 2 is 1.08 bits per heavy atom. The van der Waals surface area contributed by atoms with Crippen molar-refractivity contribution in [2.24, 2.45) is 0 Å². The van der Waals surface area contributed by atoms with Crippen molar-refractivity contribution in [3.8, 4) is 23.0 Å². The third kappa shape index (κ3) is 11.6. The van der Waals surface area contributed by atoms with E-state index < -0.39 is 12.2 Å². The number of hydrogen-bond acceptors (Lipinski definition) is 8. The van der Waals surface area contributed by atoms with Gasteiger partial charge in [0.2, 0.25) is 0 Å². The molecule has 0 aliphatic carbocycles. The zero-order chi connectivity index (χ0) is 27.6. The van der Waals surface area contributed by atoms with Gasteiger partial charge in [0.1, 0.15) is 25.4 Å². The number of methoxy groups -OCH3 is 2. The molecule has 0 aliphatic heterocycles. The number of hydrogen-bond donors (Lipinski definition) is 2. The lowest BCUT2D eigenvalue weighted by atomic mass is 10.1. The van der Waals surface area contributed by atoms with Crippen LogP contribution in [0.25, 0.3) is 0 Å². The summed E-state index contributed by atoms with van der Waals surface area (Å²) in [4.78, 5) is 0. The summed E-state index contributed by atoms with van der Waals surface area (Å²) in [5.74, 6) is 2.38. The predicted molar refractivity (Wildman–Crippen MR) is 148 cm³/mol. The Hall–Kier alpha value is -3.04. The number of allylic oxidation sites excluding steroid dienone is 2. The smallest absolute Gasteiger partial charge is 0.161 e. The van der Waals surface area contributed by atoms with Crippen molar-refractivity contribution in [2.75, 3.05) is 53.9 Å². The first-order valence-corrected chi connectivity index (χ1v) is 12.8. The van der Waals surface area contributed by atoms with Crippen molar-refractivity contribution in [3.05, 3.63) is 72.8 Å². The molecule has 0 aromatic heterocycles. The van der Waals surface area contributed by atoms with Gasteiger partial charge in [-0.25, -0.2) is 0 Å². The maximum absolute atomic E-state index is 10.1. The van der Waals surface area contributed by atoms with Gasteiger partial charge in [0.05, 0.1) is 27.4 Å². The third-order valence-corrected chi connectivity index (χ3v) is 5.53. The molecule has 2 aromatic carbocycles. The molecule has 8 nitrogen and oxygen atoms in total. The van der Waals surface area contributed by atoms with Gasteiger partial charge in [-0.2, -0.15) is 0 Å². The first-order chi connectivity index (χ1) is 18.5. The van der Waals surface area contributed by atoms with E-state index in [1.165, 1.54) is 0 Å². The SMILES string of the molecule is C=CCc1ccc(OCC(O)COCCCCOCC(O)COc2ccc(CC=C)cc2OC)c(OC)c1. The van der Waals surface area contributed by atoms with Crippen molar-refractivity contribution in [1.29, 1.82) is 0 Å². The number of ether oxygens (including phenoxy) is 6. The van der Waals surface area contributed by atoms with Crippen LogP contribution in [0.2, 0.25) is 0 Å². The van der Waals surface area contributed by atoms with Crippen LogP contribution < -0.4 is 18.9 Å². The molecular weight excluding hydrogens is 488 g/mol. The standard InChI is InChI=1S/C30H42O8/c1-5-9-23-11-13-27(29(17-23)33-3)37-21-25(31)19-35-15-7-8-16-36-20-26(32)22-38-28-14-12-24(10-6-2)18-30(28)34-4/h5-6,11-14,17-18,25-26,31-32H,1-2,7-10,15-16,19-22H2,3-4H3. The van der Waals surface area contributed by atoms with Crippen LogP contribution >= 0.6 is 0 Å². The van der Waals surface area contributed by atoms with Crippen LogP contribution in [0.15, 0.2) is 61.7 Å². The molecule has 0 spiro atoms. The average Bonchev–Trinajstić information content (AvgIpc) is 2.93. The average molecular weight is 531 g/mol. The molecule has 38 heavy (non-hydrogen) atoms. The summed E-state index contributed by atoms with van der Waals surface area (Å²) in [6.07, 6.45) is 5.17. The van der Waals surface area contributed by atoms with Gasteiger partial charge >= 0.3 is 0 Å². The van der Waals surface area contributed by atoms with Crippen molar-refractivity contribution < 1.29 is 38.6 Å². The number of rotatable bonds is 21. The number of aliphatic hydroxyl groups excluding tert-OH is 2. The van der Waals surface area contributed by atoms with E-state index in [0.717, 1.165) is 36.8 Å². The van der Waals surface area contributed by atoms with Gasteiger partial charge < -0.3 is 38.6 Å². The summed E-state index contributed by atoms with van der Waals surface area (Å²) in [5.41, 5.74) is 2.15. The molecule has 0 aliphatic rings. The molecule has 0 bridgehead atoms. The van der Waals surface area contributed by atoms with Gasteiger partial charge in [-0.05, 0) is 61.1 Å². The Balaban J connectivity index is 1.52. The van der Waals surface area contributed by atoms with Gasteiger partial charge in [-0.3, -0.25) is 0 Å². The molecule has 0 radical (unpaired) electrons. The van der Waals surface area contributed by atoms with Crippen LogP contribution in [0, 0.1) is 0 Å². The highest BCUT2D eigenvalue weighted by Crippen LogP contribution is 2.29. The third-order valence-electron chi connectivity index (χ3n) is 5.53. The second kappa shape index (κ2) is 18.3. The lowest BCUT2D eigenvalue weighted by molar-refractivity contribution is -0.000103. The minimum Gasteiger partial charge on any atom is -0.493 e. The van der Waals surface area contributed by atoms with Gasteiger partial charge in [-0.1, -0.05) is 24.3 Å². The highest BCUT2D eigenvalue weighted by Gasteiger charge is 2.11. The van der Waals surface area contributed by atoms with E-state index in [2.05, 4.69) is 13.2 Å². The molecule has 2 atom stereocenters. The van der Waals surface area contributed by atoms with Crippen molar-refractivity contribution in [3.63, 3.8) is 0 Å². The molecule has 0 heterocycles. The summed E-state index contributed by atoms with van der Waals surface area (Å²) in [6, 6.07) is 11.3. The monoisotopic (exact) mass is 530 g/mol. The molecule has 210 valence electrons. The second-order valence-corrected chi connectivity index (χ2v) is 8.74. The van der Waals surface area contributed by atoms with Crippen molar-refractivity contribution in [2.45, 2.75) is 37.9 Å². The van der Waals surface area contributed by atoms with Crippen molar-refractivity contribution >= 4 is 0 Å². The van der Waals surface area contributed by atoms with Gasteiger partial charge in [-0.15, -0.1) is 13.2 Å². The lowest BCUT2D eigenvalue weighted by Gasteiger charge is -2.16. The van der Waals surface area contributed by atoms with E-state index in [0.29, 0.717) is 36.2 Å². The maximum Gasteiger partial charge on any atom is 0.161 e. The zero-order valence-corrected chi connectivity index (χ0v) is 22.6. The molecule has 0 saturated carbocycles. The van der Waals surface area contributed by atoms with E-state index in [1.807, 2.05) is 48.6 Å². The molecule has 0 amide bonds. The molecule has 8 heteroatoms. The van der Waals surface area contributed by atoms with Gasteiger partial charge in [0.25, 0.3) is 0 Å². The van der Waals surface area contributed by atoms with E-state index in [1.54, 1.807) is 14.2 Å². The summed E-state index contributed by atoms with van der Waals surface area (Å²) in [6.45, 7) is 9.01. The number of aliphatic hydroxyl groups is 2. The lowest BCUT2D eigenvalue weighted by Crippen LogP contribution is -2.24. The predicted octanol–water partition coefficient (Wildman–Crippen LogP) is 4.15. The zero-order valence-electron chi connectivity index (χ0n) is 22.6. The Bertz CT molecular complexity index is 884. The Labute approximate surface area is 226 Å². The van der Waals surface area contributed by atoms with E-state index in [4.69, 9.17) is 28.4 Å².